The SMILES string of the molecule is O=C1CCCCN1c1ccc(I)cc1.O=C1N(c2ccc(I)cc2)CCCC1(Cl)Cl. The van der Waals surface area contributed by atoms with Crippen molar-refractivity contribution in [1.82, 2.24) is 0 Å². The Balaban J connectivity index is 0.000000172. The van der Waals surface area contributed by atoms with Crippen molar-refractivity contribution in [2.75, 3.05) is 22.9 Å². The van der Waals surface area contributed by atoms with Gasteiger partial charge in [-0.2, -0.15) is 0 Å². The lowest BCUT2D eigenvalue weighted by atomic mass is 10.1. The fraction of sp³-hybridized carbons (Fsp3) is 0.364. The molecular weight excluding hydrogens is 649 g/mol. The number of rotatable bonds is 2. The van der Waals surface area contributed by atoms with E-state index < -0.39 is 4.33 Å². The van der Waals surface area contributed by atoms with E-state index >= 15 is 0 Å². The molecule has 2 aliphatic rings. The van der Waals surface area contributed by atoms with Crippen LogP contribution < -0.4 is 9.80 Å². The van der Waals surface area contributed by atoms with Crippen LogP contribution in [0.2, 0.25) is 0 Å². The summed E-state index contributed by atoms with van der Waals surface area (Å²) in [5, 5.41) is 0. The topological polar surface area (TPSA) is 40.6 Å². The Morgan fingerprint density at radius 3 is 1.77 bits per heavy atom. The fourth-order valence-corrected chi connectivity index (χ4v) is 4.62. The molecule has 30 heavy (non-hydrogen) atoms. The third-order valence-electron chi connectivity index (χ3n) is 5.03. The molecule has 0 aromatic heterocycles. The van der Waals surface area contributed by atoms with Gasteiger partial charge in [0.15, 0.2) is 4.33 Å². The van der Waals surface area contributed by atoms with Crippen LogP contribution in [0, 0.1) is 7.14 Å². The molecule has 0 atom stereocenters. The number of carbonyl (C=O) groups excluding carboxylic acids is 2. The van der Waals surface area contributed by atoms with Crippen LogP contribution in [0.15, 0.2) is 48.5 Å². The summed E-state index contributed by atoms with van der Waals surface area (Å²) in [6, 6.07) is 15.9. The average molecular weight is 671 g/mol. The Morgan fingerprint density at radius 2 is 1.23 bits per heavy atom. The van der Waals surface area contributed by atoms with Gasteiger partial charge in [-0.05, 0) is 119 Å². The number of amides is 2. The second kappa shape index (κ2) is 10.8. The number of benzene rings is 2. The van der Waals surface area contributed by atoms with Crippen molar-refractivity contribution >= 4 is 91.6 Å². The standard InChI is InChI=1S/C11H10Cl2INO.C11H12INO/c12-11(13)6-1-7-15(10(11)16)9-4-2-8(14)3-5-9;12-9-4-6-10(7-5-9)13-8-2-1-3-11(13)14/h2-5H,1,6-7H2;4-7H,1-3,8H2. The molecule has 4 rings (SSSR count). The van der Waals surface area contributed by atoms with Crippen LogP contribution in [0.1, 0.15) is 32.1 Å². The van der Waals surface area contributed by atoms with E-state index in [4.69, 9.17) is 23.2 Å². The lowest BCUT2D eigenvalue weighted by Crippen LogP contribution is -2.47. The van der Waals surface area contributed by atoms with Crippen LogP contribution in [0.4, 0.5) is 11.4 Å². The molecule has 0 radical (unpaired) electrons. The molecule has 0 aliphatic carbocycles. The molecule has 2 aromatic rings. The number of piperidine rings is 2. The van der Waals surface area contributed by atoms with E-state index in [-0.39, 0.29) is 11.8 Å². The van der Waals surface area contributed by atoms with Crippen molar-refractivity contribution < 1.29 is 9.59 Å². The number of hydrogen-bond acceptors (Lipinski definition) is 2. The second-order valence-electron chi connectivity index (χ2n) is 7.22. The molecule has 160 valence electrons. The Labute approximate surface area is 214 Å². The van der Waals surface area contributed by atoms with Gasteiger partial charge >= 0.3 is 0 Å². The molecule has 2 heterocycles. The lowest BCUT2D eigenvalue weighted by Gasteiger charge is -2.33. The maximum atomic E-state index is 12.0. The number of carbonyl (C=O) groups is 2. The van der Waals surface area contributed by atoms with E-state index in [1.165, 1.54) is 3.57 Å². The molecule has 8 heteroatoms. The van der Waals surface area contributed by atoms with E-state index in [1.54, 1.807) is 4.90 Å². The highest BCUT2D eigenvalue weighted by Gasteiger charge is 2.41. The molecule has 2 amide bonds. The van der Waals surface area contributed by atoms with Crippen molar-refractivity contribution in [1.29, 1.82) is 0 Å². The first-order valence-electron chi connectivity index (χ1n) is 9.79. The molecule has 2 fully saturated rings. The van der Waals surface area contributed by atoms with Gasteiger partial charge in [0.1, 0.15) is 0 Å². The Kier molecular flexibility index (Phi) is 8.69. The van der Waals surface area contributed by atoms with Gasteiger partial charge in [0.05, 0.1) is 0 Å². The zero-order chi connectivity index (χ0) is 21.7. The summed E-state index contributed by atoms with van der Waals surface area (Å²) in [6.07, 6.45) is 4.21. The minimum atomic E-state index is -1.26. The van der Waals surface area contributed by atoms with Crippen molar-refractivity contribution in [3.8, 4) is 0 Å². The Hall–Kier alpha value is -0.580. The number of hydrogen-bond donors (Lipinski definition) is 0. The summed E-state index contributed by atoms with van der Waals surface area (Å²) in [7, 11) is 0. The van der Waals surface area contributed by atoms with Crippen LogP contribution in [0.5, 0.6) is 0 Å². The number of anilines is 2. The Bertz CT molecular complexity index is 889. The molecule has 2 aliphatic heterocycles. The molecule has 0 spiro atoms. The highest BCUT2D eigenvalue weighted by Crippen LogP contribution is 2.35. The molecule has 0 saturated carbocycles. The molecule has 0 bridgehead atoms. The van der Waals surface area contributed by atoms with Gasteiger partial charge in [-0.25, -0.2) is 0 Å². The maximum Gasteiger partial charge on any atom is 0.263 e. The summed E-state index contributed by atoms with van der Waals surface area (Å²) in [6.45, 7) is 1.56. The summed E-state index contributed by atoms with van der Waals surface area (Å²) >= 11 is 16.4. The first kappa shape index (κ1) is 24.1. The van der Waals surface area contributed by atoms with Gasteiger partial charge in [0.25, 0.3) is 5.91 Å². The van der Waals surface area contributed by atoms with Crippen LogP contribution in [0.3, 0.4) is 0 Å². The van der Waals surface area contributed by atoms with Crippen molar-refractivity contribution in [2.24, 2.45) is 0 Å². The third-order valence-corrected chi connectivity index (χ3v) is 7.17. The number of alkyl halides is 2. The van der Waals surface area contributed by atoms with Gasteiger partial charge in [0, 0.05) is 38.0 Å². The largest absolute Gasteiger partial charge is 0.312 e. The quantitative estimate of drug-likeness (QED) is 0.274. The van der Waals surface area contributed by atoms with Crippen molar-refractivity contribution in [3.05, 3.63) is 55.7 Å². The smallest absolute Gasteiger partial charge is 0.263 e. The van der Waals surface area contributed by atoms with Gasteiger partial charge in [0.2, 0.25) is 5.91 Å². The van der Waals surface area contributed by atoms with Gasteiger partial charge in [-0.1, -0.05) is 23.2 Å². The lowest BCUT2D eigenvalue weighted by molar-refractivity contribution is -0.120. The minimum absolute atomic E-state index is 0.219. The Morgan fingerprint density at radius 1 is 0.733 bits per heavy atom. The molecule has 4 nitrogen and oxygen atoms in total. The second-order valence-corrected chi connectivity index (χ2v) is 11.2. The highest BCUT2D eigenvalue weighted by atomic mass is 127. The van der Waals surface area contributed by atoms with Crippen LogP contribution >= 0.6 is 68.4 Å². The highest BCUT2D eigenvalue weighted by molar-refractivity contribution is 14.1. The predicted molar refractivity (Wildman–Crippen MR) is 141 cm³/mol. The van der Waals surface area contributed by atoms with Crippen LogP contribution in [-0.2, 0) is 9.59 Å². The maximum absolute atomic E-state index is 12.0. The summed E-state index contributed by atoms with van der Waals surface area (Å²) in [5.41, 5.74) is 1.89. The van der Waals surface area contributed by atoms with Crippen molar-refractivity contribution in [2.45, 2.75) is 36.4 Å². The number of halogens is 4. The van der Waals surface area contributed by atoms with Crippen LogP contribution in [-0.4, -0.2) is 29.2 Å². The summed E-state index contributed by atoms with van der Waals surface area (Å²) < 4.78 is 1.07. The van der Waals surface area contributed by atoms with E-state index in [0.29, 0.717) is 19.4 Å². The molecule has 2 saturated heterocycles. The summed E-state index contributed by atoms with van der Waals surface area (Å²) in [4.78, 5) is 27.1. The average Bonchev–Trinajstić information content (AvgIpc) is 2.73. The normalized spacial score (nSPS) is 18.7. The molecular formula is C22H22Cl2I2N2O2. The third kappa shape index (κ3) is 6.23. The zero-order valence-electron chi connectivity index (χ0n) is 16.3. The first-order valence-corrected chi connectivity index (χ1v) is 12.7. The molecule has 0 unspecified atom stereocenters. The number of nitrogens with zero attached hydrogens (tertiary/aromatic N) is 2. The minimum Gasteiger partial charge on any atom is -0.312 e. The fourth-order valence-electron chi connectivity index (χ4n) is 3.43. The van der Waals surface area contributed by atoms with Crippen LogP contribution in [0.25, 0.3) is 0 Å². The van der Waals surface area contributed by atoms with Gasteiger partial charge in [-0.3, -0.25) is 9.59 Å². The van der Waals surface area contributed by atoms with E-state index in [0.717, 1.165) is 40.8 Å². The monoisotopic (exact) mass is 670 g/mol. The van der Waals surface area contributed by atoms with Gasteiger partial charge in [-0.15, -0.1) is 0 Å². The van der Waals surface area contributed by atoms with E-state index in [9.17, 15) is 9.59 Å². The predicted octanol–water partition coefficient (Wildman–Crippen LogP) is 6.40. The summed E-state index contributed by atoms with van der Waals surface area (Å²) in [5.74, 6) is 0.0424. The van der Waals surface area contributed by atoms with Crippen molar-refractivity contribution in [3.63, 3.8) is 0 Å². The zero-order valence-corrected chi connectivity index (χ0v) is 22.1. The van der Waals surface area contributed by atoms with Gasteiger partial charge < -0.3 is 9.80 Å². The molecule has 2 aromatic carbocycles. The van der Waals surface area contributed by atoms with E-state index in [1.807, 2.05) is 53.4 Å². The molecule has 0 N–H and O–H groups in total. The van der Waals surface area contributed by atoms with E-state index in [2.05, 4.69) is 45.2 Å². The first-order chi connectivity index (χ1) is 14.3.